The summed E-state index contributed by atoms with van der Waals surface area (Å²) in [6.07, 6.45) is 2.33. The number of anilines is 1. The first-order valence-electron chi connectivity index (χ1n) is 9.82. The topological polar surface area (TPSA) is 104 Å². The number of amides is 1. The van der Waals surface area contributed by atoms with Crippen LogP contribution < -0.4 is 9.64 Å². The second-order valence-electron chi connectivity index (χ2n) is 6.45. The van der Waals surface area contributed by atoms with Crippen molar-refractivity contribution in [2.45, 2.75) is 33.1 Å². The van der Waals surface area contributed by atoms with Crippen molar-refractivity contribution in [1.29, 1.82) is 0 Å². The number of para-hydroxylation sites is 1. The van der Waals surface area contributed by atoms with Gasteiger partial charge < -0.3 is 19.8 Å². The van der Waals surface area contributed by atoms with Gasteiger partial charge in [0.15, 0.2) is 6.61 Å². The van der Waals surface area contributed by atoms with E-state index in [1.807, 2.05) is 30.3 Å². The molecule has 0 atom stereocenters. The molecule has 0 unspecified atom stereocenters. The Hall–Kier alpha value is -3.79. The van der Waals surface area contributed by atoms with E-state index in [-0.39, 0.29) is 12.5 Å². The van der Waals surface area contributed by atoms with Gasteiger partial charge in [0, 0.05) is 24.6 Å². The molecule has 0 aliphatic heterocycles. The summed E-state index contributed by atoms with van der Waals surface area (Å²) in [7, 11) is 0. The number of hydrogen-bond donors (Lipinski definition) is 2. The number of carbonyl (C=O) groups is 3. The van der Waals surface area contributed by atoms with Gasteiger partial charge in [-0.25, -0.2) is 4.79 Å². The molecule has 164 valence electrons. The number of unbranched alkanes of at least 4 members (excludes halogenated alkanes) is 1. The Balaban J connectivity index is 0.00000110. The summed E-state index contributed by atoms with van der Waals surface area (Å²) < 4.78 is 5.09. The van der Waals surface area contributed by atoms with Crippen LogP contribution in [0.4, 0.5) is 5.69 Å². The number of hydrogen-bond acceptors (Lipinski definition) is 4. The van der Waals surface area contributed by atoms with Crippen molar-refractivity contribution in [2.75, 3.05) is 18.1 Å². The molecule has 2 aromatic rings. The maximum atomic E-state index is 12.5. The van der Waals surface area contributed by atoms with E-state index in [1.54, 1.807) is 29.2 Å². The third-order valence-corrected chi connectivity index (χ3v) is 3.80. The fourth-order valence-electron chi connectivity index (χ4n) is 2.39. The van der Waals surface area contributed by atoms with Crippen molar-refractivity contribution >= 4 is 23.5 Å². The van der Waals surface area contributed by atoms with E-state index >= 15 is 0 Å². The largest absolute Gasteiger partial charge is 0.482 e. The number of benzene rings is 2. The van der Waals surface area contributed by atoms with Gasteiger partial charge in [-0.2, -0.15) is 0 Å². The molecular formula is C24H27NO6. The molecule has 0 saturated carbocycles. The summed E-state index contributed by atoms with van der Waals surface area (Å²) in [6, 6.07) is 16.4. The minimum atomic E-state index is -1.02. The monoisotopic (exact) mass is 425 g/mol. The molecule has 0 aliphatic carbocycles. The summed E-state index contributed by atoms with van der Waals surface area (Å²) in [5, 5.41) is 16.0. The van der Waals surface area contributed by atoms with E-state index in [4.69, 9.17) is 19.7 Å². The Labute approximate surface area is 182 Å². The maximum Gasteiger partial charge on any atom is 0.341 e. The van der Waals surface area contributed by atoms with Crippen LogP contribution in [-0.4, -0.2) is 41.2 Å². The lowest BCUT2D eigenvalue weighted by molar-refractivity contribution is -0.139. The lowest BCUT2D eigenvalue weighted by atomic mass is 10.2. The van der Waals surface area contributed by atoms with Crippen molar-refractivity contribution in [1.82, 2.24) is 0 Å². The summed E-state index contributed by atoms with van der Waals surface area (Å²) in [4.78, 5) is 33.7. The highest BCUT2D eigenvalue weighted by Gasteiger charge is 2.13. The zero-order valence-electron chi connectivity index (χ0n) is 17.7. The fraction of sp³-hybridized carbons (Fsp3) is 0.292. The number of nitrogens with zero attached hydrogens (tertiary/aromatic N) is 1. The molecule has 31 heavy (non-hydrogen) atoms. The number of carbonyl (C=O) groups excluding carboxylic acids is 1. The van der Waals surface area contributed by atoms with Gasteiger partial charge in [0.25, 0.3) is 5.97 Å². The van der Waals surface area contributed by atoms with Gasteiger partial charge >= 0.3 is 5.97 Å². The first-order chi connectivity index (χ1) is 14.8. The summed E-state index contributed by atoms with van der Waals surface area (Å²) in [6.45, 7) is 3.07. The summed E-state index contributed by atoms with van der Waals surface area (Å²) in [5.74, 6) is 4.77. The van der Waals surface area contributed by atoms with Gasteiger partial charge in [-0.1, -0.05) is 43.4 Å². The van der Waals surface area contributed by atoms with Gasteiger partial charge in [-0.05, 0) is 42.8 Å². The van der Waals surface area contributed by atoms with Crippen LogP contribution in [0.3, 0.4) is 0 Å². The van der Waals surface area contributed by atoms with Crippen LogP contribution in [0.1, 0.15) is 38.7 Å². The van der Waals surface area contributed by atoms with E-state index in [1.165, 1.54) is 0 Å². The van der Waals surface area contributed by atoms with Crippen molar-refractivity contribution in [2.24, 2.45) is 0 Å². The molecule has 0 radical (unpaired) electrons. The third kappa shape index (κ3) is 11.1. The van der Waals surface area contributed by atoms with Crippen molar-refractivity contribution in [3.63, 3.8) is 0 Å². The molecule has 1 amide bonds. The normalized spacial score (nSPS) is 9.35. The zero-order valence-corrected chi connectivity index (χ0v) is 17.7. The lowest BCUT2D eigenvalue weighted by Crippen LogP contribution is -2.31. The molecule has 0 bridgehead atoms. The van der Waals surface area contributed by atoms with Gasteiger partial charge in [0.05, 0.1) is 6.54 Å². The lowest BCUT2D eigenvalue weighted by Gasteiger charge is -2.20. The van der Waals surface area contributed by atoms with Crippen molar-refractivity contribution in [3.05, 3.63) is 60.2 Å². The summed E-state index contributed by atoms with van der Waals surface area (Å²) in [5.41, 5.74) is 1.61. The quantitative estimate of drug-likeness (QED) is 0.623. The molecule has 0 heterocycles. The molecular weight excluding hydrogens is 398 g/mol. The van der Waals surface area contributed by atoms with Gasteiger partial charge in [0.2, 0.25) is 5.91 Å². The molecule has 7 nitrogen and oxygen atoms in total. The molecule has 2 rings (SSSR count). The van der Waals surface area contributed by atoms with Crippen LogP contribution in [0.25, 0.3) is 0 Å². The zero-order chi connectivity index (χ0) is 23.1. The predicted octanol–water partition coefficient (Wildman–Crippen LogP) is 3.82. The number of rotatable bonds is 8. The first-order valence-corrected chi connectivity index (χ1v) is 9.82. The molecule has 0 fully saturated rings. The van der Waals surface area contributed by atoms with Crippen LogP contribution in [0.2, 0.25) is 0 Å². The van der Waals surface area contributed by atoms with Crippen LogP contribution in [0, 0.1) is 11.8 Å². The smallest absolute Gasteiger partial charge is 0.341 e. The standard InChI is InChI=1S/C22H23NO4.C2H4O2/c1-2-3-11-21(24)23(19-9-5-4-6-10-19)16-7-8-18-12-14-20(15-13-18)27-17-22(25)26;1-2(3)4/h4-6,9-10,12-15H,2-3,11,16-17H2,1H3,(H,25,26);1H3,(H,3,4). The van der Waals surface area contributed by atoms with E-state index in [9.17, 15) is 9.59 Å². The SMILES string of the molecule is CC(=O)O.CCCCC(=O)N(CC#Cc1ccc(OCC(=O)O)cc1)c1ccccc1. The number of carboxylic acid groups (broad SMARTS) is 2. The maximum absolute atomic E-state index is 12.5. The highest BCUT2D eigenvalue weighted by atomic mass is 16.5. The van der Waals surface area contributed by atoms with Gasteiger partial charge in [0.1, 0.15) is 5.75 Å². The average Bonchev–Trinajstić information content (AvgIpc) is 2.74. The molecule has 2 N–H and O–H groups in total. The van der Waals surface area contributed by atoms with E-state index in [2.05, 4.69) is 18.8 Å². The number of carboxylic acids is 2. The number of ether oxygens (including phenoxy) is 1. The number of aliphatic carboxylic acids is 2. The molecule has 0 spiro atoms. The summed E-state index contributed by atoms with van der Waals surface area (Å²) >= 11 is 0. The Morgan fingerprint density at radius 1 is 1.00 bits per heavy atom. The van der Waals surface area contributed by atoms with Crippen LogP contribution in [0.5, 0.6) is 5.75 Å². The van der Waals surface area contributed by atoms with Crippen LogP contribution >= 0.6 is 0 Å². The highest BCUT2D eigenvalue weighted by Crippen LogP contribution is 2.15. The Kier molecular flexibility index (Phi) is 11.6. The van der Waals surface area contributed by atoms with Crippen LogP contribution in [0.15, 0.2) is 54.6 Å². The molecule has 2 aromatic carbocycles. The first kappa shape index (κ1) is 25.2. The molecule has 7 heteroatoms. The fourth-order valence-corrected chi connectivity index (χ4v) is 2.39. The molecule has 0 aromatic heterocycles. The Morgan fingerprint density at radius 3 is 2.16 bits per heavy atom. The van der Waals surface area contributed by atoms with E-state index < -0.39 is 11.9 Å². The Morgan fingerprint density at radius 2 is 1.61 bits per heavy atom. The van der Waals surface area contributed by atoms with E-state index in [0.29, 0.717) is 18.7 Å². The second kappa shape index (κ2) is 14.2. The molecule has 0 saturated heterocycles. The van der Waals surface area contributed by atoms with Crippen molar-refractivity contribution < 1.29 is 29.3 Å². The van der Waals surface area contributed by atoms with Gasteiger partial charge in [-0.3, -0.25) is 9.59 Å². The molecule has 0 aliphatic rings. The average molecular weight is 425 g/mol. The van der Waals surface area contributed by atoms with E-state index in [0.717, 1.165) is 31.0 Å². The van der Waals surface area contributed by atoms with Gasteiger partial charge in [-0.15, -0.1) is 0 Å². The predicted molar refractivity (Wildman–Crippen MR) is 118 cm³/mol. The second-order valence-corrected chi connectivity index (χ2v) is 6.45. The van der Waals surface area contributed by atoms with Crippen molar-refractivity contribution in [3.8, 4) is 17.6 Å². The minimum absolute atomic E-state index is 0.0646. The van der Waals surface area contributed by atoms with Crippen LogP contribution in [-0.2, 0) is 14.4 Å². The third-order valence-electron chi connectivity index (χ3n) is 3.80. The minimum Gasteiger partial charge on any atom is -0.482 e. The Bertz CT molecular complexity index is 893. The highest BCUT2D eigenvalue weighted by molar-refractivity contribution is 5.93.